The van der Waals surface area contributed by atoms with Crippen LogP contribution in [0.3, 0.4) is 0 Å². The summed E-state index contributed by atoms with van der Waals surface area (Å²) in [5.41, 5.74) is 2.12. The van der Waals surface area contributed by atoms with E-state index in [0.29, 0.717) is 17.1 Å². The Hall–Kier alpha value is -0.830. The lowest BCUT2D eigenvalue weighted by atomic mass is 10.0. The van der Waals surface area contributed by atoms with Gasteiger partial charge in [-0.05, 0) is 37.8 Å². The van der Waals surface area contributed by atoms with Crippen LogP contribution in [0.5, 0.6) is 0 Å². The number of hydrogen-bond acceptors (Lipinski definition) is 3. The average molecular weight is 242 g/mol. The first-order valence-electron chi connectivity index (χ1n) is 5.58. The van der Waals surface area contributed by atoms with Crippen LogP contribution in [0.2, 0.25) is 5.15 Å². The zero-order chi connectivity index (χ0) is 12.5. The van der Waals surface area contributed by atoms with E-state index in [1.165, 1.54) is 0 Å². The zero-order valence-electron chi connectivity index (χ0n) is 10.9. The van der Waals surface area contributed by atoms with Crippen LogP contribution in [-0.2, 0) is 0 Å². The van der Waals surface area contributed by atoms with E-state index in [9.17, 15) is 0 Å². The Kier molecular flexibility index (Phi) is 4.14. The van der Waals surface area contributed by atoms with E-state index >= 15 is 0 Å². The summed E-state index contributed by atoms with van der Waals surface area (Å²) in [6, 6.07) is 0.425. The van der Waals surface area contributed by atoms with E-state index in [-0.39, 0.29) is 0 Å². The van der Waals surface area contributed by atoms with Crippen molar-refractivity contribution in [2.75, 3.05) is 11.9 Å². The van der Waals surface area contributed by atoms with Crippen LogP contribution in [0.15, 0.2) is 0 Å². The van der Waals surface area contributed by atoms with Crippen molar-refractivity contribution < 1.29 is 0 Å². The highest BCUT2D eigenvalue weighted by atomic mass is 35.5. The minimum Gasteiger partial charge on any atom is -0.355 e. The smallest absolute Gasteiger partial charge is 0.155 e. The van der Waals surface area contributed by atoms with Crippen LogP contribution in [0.4, 0.5) is 5.82 Å². The molecule has 0 aliphatic heterocycles. The Balaban J connectivity index is 3.10. The average Bonchev–Trinajstić information content (AvgIpc) is 2.24. The molecule has 1 heterocycles. The van der Waals surface area contributed by atoms with Gasteiger partial charge >= 0.3 is 0 Å². The van der Waals surface area contributed by atoms with Crippen LogP contribution < -0.4 is 4.90 Å². The fourth-order valence-corrected chi connectivity index (χ4v) is 1.72. The first kappa shape index (κ1) is 13.2. The normalized spacial score (nSPS) is 13.0. The fourth-order valence-electron chi connectivity index (χ4n) is 1.54. The lowest BCUT2D eigenvalue weighted by Gasteiger charge is -2.30. The fraction of sp³-hybridized carbons (Fsp3) is 0.667. The third kappa shape index (κ3) is 2.46. The van der Waals surface area contributed by atoms with Crippen molar-refractivity contribution in [1.29, 1.82) is 0 Å². The third-order valence-corrected chi connectivity index (χ3v) is 3.71. The van der Waals surface area contributed by atoms with Gasteiger partial charge in [0.15, 0.2) is 11.0 Å². The number of rotatable bonds is 3. The predicted molar refractivity (Wildman–Crippen MR) is 69.2 cm³/mol. The van der Waals surface area contributed by atoms with E-state index in [0.717, 1.165) is 16.9 Å². The van der Waals surface area contributed by atoms with Crippen molar-refractivity contribution in [3.63, 3.8) is 0 Å². The van der Waals surface area contributed by atoms with Crippen LogP contribution in [0, 0.1) is 19.8 Å². The summed E-state index contributed by atoms with van der Waals surface area (Å²) in [4.78, 5) is 2.16. The molecule has 1 unspecified atom stereocenters. The minimum absolute atomic E-state index is 0.425. The van der Waals surface area contributed by atoms with Gasteiger partial charge in [-0.2, -0.15) is 0 Å². The first-order chi connectivity index (χ1) is 7.36. The van der Waals surface area contributed by atoms with E-state index in [4.69, 9.17) is 11.6 Å². The van der Waals surface area contributed by atoms with E-state index < -0.39 is 0 Å². The molecule has 1 aromatic heterocycles. The Morgan fingerprint density at radius 3 is 2.12 bits per heavy atom. The maximum absolute atomic E-state index is 5.94. The van der Waals surface area contributed by atoms with Gasteiger partial charge in [-0.15, -0.1) is 10.2 Å². The maximum Gasteiger partial charge on any atom is 0.155 e. The lowest BCUT2D eigenvalue weighted by Crippen LogP contribution is -2.34. The zero-order valence-corrected chi connectivity index (χ0v) is 11.6. The maximum atomic E-state index is 5.94. The van der Waals surface area contributed by atoms with Gasteiger partial charge in [-0.25, -0.2) is 0 Å². The molecular weight excluding hydrogens is 222 g/mol. The Bertz CT molecular complexity index is 377. The van der Waals surface area contributed by atoms with Gasteiger partial charge < -0.3 is 4.90 Å². The number of aromatic nitrogens is 2. The molecular formula is C12H20ClN3. The number of nitrogens with zero attached hydrogens (tertiary/aromatic N) is 3. The molecule has 4 heteroatoms. The molecule has 0 aliphatic rings. The monoisotopic (exact) mass is 241 g/mol. The highest BCUT2D eigenvalue weighted by molar-refractivity contribution is 6.30. The van der Waals surface area contributed by atoms with Crippen LogP contribution in [0.1, 0.15) is 31.9 Å². The van der Waals surface area contributed by atoms with Crippen molar-refractivity contribution in [2.45, 2.75) is 40.7 Å². The molecule has 1 rings (SSSR count). The summed E-state index contributed by atoms with van der Waals surface area (Å²) in [6.45, 7) is 10.6. The molecule has 0 amide bonds. The van der Waals surface area contributed by atoms with Gasteiger partial charge in [-0.3, -0.25) is 0 Å². The van der Waals surface area contributed by atoms with Crippen molar-refractivity contribution in [1.82, 2.24) is 10.2 Å². The standard InChI is InChI=1S/C12H20ClN3/c1-7(2)10(5)16(6)12-9(4)8(3)11(13)14-15-12/h7,10H,1-6H3. The van der Waals surface area contributed by atoms with Gasteiger partial charge in [0.25, 0.3) is 0 Å². The van der Waals surface area contributed by atoms with Crippen LogP contribution in [-0.4, -0.2) is 23.3 Å². The second kappa shape index (κ2) is 5.00. The minimum atomic E-state index is 0.425. The molecule has 16 heavy (non-hydrogen) atoms. The van der Waals surface area contributed by atoms with Crippen molar-refractivity contribution in [3.8, 4) is 0 Å². The molecule has 0 aliphatic carbocycles. The number of anilines is 1. The number of hydrogen-bond donors (Lipinski definition) is 0. The third-order valence-electron chi connectivity index (χ3n) is 3.35. The summed E-state index contributed by atoms with van der Waals surface area (Å²) >= 11 is 5.94. The molecule has 0 radical (unpaired) electrons. The van der Waals surface area contributed by atoms with Gasteiger partial charge in [0.2, 0.25) is 0 Å². The first-order valence-corrected chi connectivity index (χ1v) is 5.96. The Morgan fingerprint density at radius 2 is 1.62 bits per heavy atom. The molecule has 0 fully saturated rings. The molecule has 0 N–H and O–H groups in total. The molecule has 0 saturated heterocycles. The van der Waals surface area contributed by atoms with E-state index in [2.05, 4.69) is 42.9 Å². The molecule has 0 saturated carbocycles. The van der Waals surface area contributed by atoms with Gasteiger partial charge in [0, 0.05) is 13.1 Å². The number of halogens is 1. The molecule has 1 aromatic rings. The summed E-state index contributed by atoms with van der Waals surface area (Å²) in [6.07, 6.45) is 0. The molecule has 0 spiro atoms. The van der Waals surface area contributed by atoms with Gasteiger partial charge in [0.05, 0.1) is 0 Å². The highest BCUT2D eigenvalue weighted by Gasteiger charge is 2.18. The molecule has 3 nitrogen and oxygen atoms in total. The predicted octanol–water partition coefficient (Wildman–Crippen LogP) is 3.23. The van der Waals surface area contributed by atoms with Crippen LogP contribution in [0.25, 0.3) is 0 Å². The molecule has 0 aromatic carbocycles. The van der Waals surface area contributed by atoms with Crippen molar-refractivity contribution in [2.24, 2.45) is 5.92 Å². The topological polar surface area (TPSA) is 29.0 Å². The molecule has 1 atom stereocenters. The summed E-state index contributed by atoms with van der Waals surface area (Å²) in [5, 5.41) is 8.65. The Labute approximate surface area is 103 Å². The Morgan fingerprint density at radius 1 is 1.06 bits per heavy atom. The molecule has 90 valence electrons. The summed E-state index contributed by atoms with van der Waals surface area (Å²) in [7, 11) is 2.05. The van der Waals surface area contributed by atoms with E-state index in [1.807, 2.05) is 13.8 Å². The largest absolute Gasteiger partial charge is 0.355 e. The van der Waals surface area contributed by atoms with E-state index in [1.54, 1.807) is 0 Å². The second-order valence-corrected chi connectivity index (χ2v) is 5.02. The molecule has 0 bridgehead atoms. The summed E-state index contributed by atoms with van der Waals surface area (Å²) in [5.74, 6) is 1.49. The van der Waals surface area contributed by atoms with Crippen molar-refractivity contribution in [3.05, 3.63) is 16.3 Å². The second-order valence-electron chi connectivity index (χ2n) is 4.66. The SMILES string of the molecule is Cc1c(Cl)nnc(N(C)C(C)C(C)C)c1C. The highest BCUT2D eigenvalue weighted by Crippen LogP contribution is 2.25. The van der Waals surface area contributed by atoms with Crippen molar-refractivity contribution >= 4 is 17.4 Å². The lowest BCUT2D eigenvalue weighted by molar-refractivity contribution is 0.500. The van der Waals surface area contributed by atoms with Gasteiger partial charge in [0.1, 0.15) is 0 Å². The quantitative estimate of drug-likeness (QED) is 0.814. The van der Waals surface area contributed by atoms with Gasteiger partial charge in [-0.1, -0.05) is 25.4 Å². The summed E-state index contributed by atoms with van der Waals surface area (Å²) < 4.78 is 0. The van der Waals surface area contributed by atoms with Crippen LogP contribution >= 0.6 is 11.6 Å².